The molecule has 1 aromatic heterocycles. The topological polar surface area (TPSA) is 113 Å². The number of hydrogen-bond donors (Lipinski definition) is 2. The zero-order valence-electron chi connectivity index (χ0n) is 19.8. The highest BCUT2D eigenvalue weighted by Crippen LogP contribution is 2.29. The van der Waals surface area contributed by atoms with Crippen molar-refractivity contribution in [3.63, 3.8) is 0 Å². The van der Waals surface area contributed by atoms with Gasteiger partial charge >= 0.3 is 0 Å². The lowest BCUT2D eigenvalue weighted by Gasteiger charge is -2.30. The maximum Gasteiger partial charge on any atom is 0.276 e. The molecule has 9 heteroatoms. The first-order chi connectivity index (χ1) is 16.4. The van der Waals surface area contributed by atoms with Crippen LogP contribution in [-0.4, -0.2) is 47.0 Å². The standard InChI is InChI=1S/C25H32N6O3/c1-30(2)24-20-8-4-5-9-21(20)28-25(29-24)27-19-14-12-18(13-15-19)26-23(32)16-11-17-7-3-6-10-22(17)31(33)34/h3,6-7,10-11,16,18-19H,4-5,8-9,12-15H2,1-2H3,(H,26,32)(H,27,28,29)/b16-11+. The molecule has 0 saturated heterocycles. The Labute approximate surface area is 199 Å². The number of hydrogen-bond acceptors (Lipinski definition) is 7. The summed E-state index contributed by atoms with van der Waals surface area (Å²) in [5, 5.41) is 17.7. The van der Waals surface area contributed by atoms with Crippen LogP contribution in [0.3, 0.4) is 0 Å². The van der Waals surface area contributed by atoms with Crippen molar-refractivity contribution in [2.24, 2.45) is 0 Å². The lowest BCUT2D eigenvalue weighted by atomic mass is 9.91. The number of nitrogens with zero attached hydrogens (tertiary/aromatic N) is 4. The molecule has 1 amide bonds. The van der Waals surface area contributed by atoms with Gasteiger partial charge in [0.1, 0.15) is 5.82 Å². The number of carbonyl (C=O) groups excluding carboxylic acids is 1. The van der Waals surface area contributed by atoms with Gasteiger partial charge in [-0.25, -0.2) is 4.98 Å². The van der Waals surface area contributed by atoms with E-state index in [4.69, 9.17) is 9.97 Å². The number of aryl methyl sites for hydroxylation is 1. The van der Waals surface area contributed by atoms with Crippen molar-refractivity contribution >= 4 is 29.4 Å². The van der Waals surface area contributed by atoms with Crippen LogP contribution < -0.4 is 15.5 Å². The summed E-state index contributed by atoms with van der Waals surface area (Å²) in [6.07, 6.45) is 10.8. The zero-order chi connectivity index (χ0) is 24.1. The molecule has 2 N–H and O–H groups in total. The molecule has 9 nitrogen and oxygen atoms in total. The molecule has 1 fully saturated rings. The van der Waals surface area contributed by atoms with Gasteiger partial charge in [-0.15, -0.1) is 0 Å². The third-order valence-electron chi connectivity index (χ3n) is 6.54. The summed E-state index contributed by atoms with van der Waals surface area (Å²) >= 11 is 0. The Bertz CT molecular complexity index is 1080. The number of fused-ring (bicyclic) bond motifs is 1. The summed E-state index contributed by atoms with van der Waals surface area (Å²) in [7, 11) is 4.05. The molecule has 0 unspecified atom stereocenters. The van der Waals surface area contributed by atoms with E-state index in [0.717, 1.165) is 44.3 Å². The van der Waals surface area contributed by atoms with Crippen molar-refractivity contribution < 1.29 is 9.72 Å². The van der Waals surface area contributed by atoms with Crippen molar-refractivity contribution in [2.45, 2.75) is 63.5 Å². The van der Waals surface area contributed by atoms with Crippen LogP contribution >= 0.6 is 0 Å². The average Bonchev–Trinajstić information content (AvgIpc) is 2.83. The van der Waals surface area contributed by atoms with Gasteiger partial charge in [0.15, 0.2) is 0 Å². The molecule has 0 aliphatic heterocycles. The van der Waals surface area contributed by atoms with Crippen LogP contribution in [-0.2, 0) is 17.6 Å². The minimum absolute atomic E-state index is 0.0139. The molecule has 2 aliphatic rings. The van der Waals surface area contributed by atoms with Gasteiger partial charge in [-0.3, -0.25) is 14.9 Å². The molecule has 1 saturated carbocycles. The van der Waals surface area contributed by atoms with E-state index < -0.39 is 4.92 Å². The van der Waals surface area contributed by atoms with Crippen LogP contribution in [0.2, 0.25) is 0 Å². The van der Waals surface area contributed by atoms with E-state index in [1.807, 2.05) is 14.1 Å². The van der Waals surface area contributed by atoms with Gasteiger partial charge in [-0.2, -0.15) is 4.98 Å². The summed E-state index contributed by atoms with van der Waals surface area (Å²) in [4.78, 5) is 34.7. The first-order valence-electron chi connectivity index (χ1n) is 12.0. The predicted octanol–water partition coefficient (Wildman–Crippen LogP) is 3.88. The molecule has 2 aliphatic carbocycles. The minimum Gasteiger partial charge on any atom is -0.362 e. The number of carbonyl (C=O) groups is 1. The summed E-state index contributed by atoms with van der Waals surface area (Å²) < 4.78 is 0. The first-order valence-corrected chi connectivity index (χ1v) is 12.0. The van der Waals surface area contributed by atoms with Crippen LogP contribution in [0.4, 0.5) is 17.5 Å². The number of nitro benzene ring substituents is 1. The number of nitro groups is 1. The zero-order valence-corrected chi connectivity index (χ0v) is 19.8. The number of nitrogens with one attached hydrogen (secondary N) is 2. The fraction of sp³-hybridized carbons (Fsp3) is 0.480. The Balaban J connectivity index is 1.31. The highest BCUT2D eigenvalue weighted by Gasteiger charge is 2.24. The van der Waals surface area contributed by atoms with Crippen LogP contribution in [0.15, 0.2) is 30.3 Å². The molecule has 1 heterocycles. The SMILES string of the molecule is CN(C)c1nc(NC2CCC(NC(=O)/C=C/c3ccccc3[N+](=O)[O-])CC2)nc2c1CCCC2. The number of amides is 1. The molecule has 34 heavy (non-hydrogen) atoms. The maximum absolute atomic E-state index is 12.4. The molecular formula is C25H32N6O3. The number of anilines is 2. The normalized spacial score (nSPS) is 19.9. The summed E-state index contributed by atoms with van der Waals surface area (Å²) in [5.74, 6) is 1.48. The molecule has 0 bridgehead atoms. The lowest BCUT2D eigenvalue weighted by molar-refractivity contribution is -0.385. The lowest BCUT2D eigenvalue weighted by Crippen LogP contribution is -2.39. The fourth-order valence-corrected chi connectivity index (χ4v) is 4.78. The highest BCUT2D eigenvalue weighted by molar-refractivity contribution is 5.92. The Morgan fingerprint density at radius 3 is 2.53 bits per heavy atom. The largest absolute Gasteiger partial charge is 0.362 e. The van der Waals surface area contributed by atoms with E-state index in [9.17, 15) is 14.9 Å². The van der Waals surface area contributed by atoms with Crippen molar-refractivity contribution in [1.29, 1.82) is 0 Å². The van der Waals surface area contributed by atoms with E-state index >= 15 is 0 Å². The maximum atomic E-state index is 12.4. The van der Waals surface area contributed by atoms with Crippen LogP contribution in [0.1, 0.15) is 55.3 Å². The predicted molar refractivity (Wildman–Crippen MR) is 133 cm³/mol. The molecule has 2 aromatic rings. The Hall–Kier alpha value is -3.49. The Morgan fingerprint density at radius 1 is 1.09 bits per heavy atom. The molecular weight excluding hydrogens is 432 g/mol. The Morgan fingerprint density at radius 2 is 1.79 bits per heavy atom. The smallest absolute Gasteiger partial charge is 0.276 e. The molecule has 180 valence electrons. The third kappa shape index (κ3) is 5.70. The first kappa shape index (κ1) is 23.7. The molecule has 0 spiro atoms. The average molecular weight is 465 g/mol. The number of benzene rings is 1. The number of aromatic nitrogens is 2. The second-order valence-electron chi connectivity index (χ2n) is 9.25. The fourth-order valence-electron chi connectivity index (χ4n) is 4.78. The third-order valence-corrected chi connectivity index (χ3v) is 6.54. The number of para-hydroxylation sites is 1. The van der Waals surface area contributed by atoms with Crippen LogP contribution in [0.25, 0.3) is 6.08 Å². The van der Waals surface area contributed by atoms with E-state index in [-0.39, 0.29) is 23.7 Å². The van der Waals surface area contributed by atoms with Crippen molar-refractivity contribution in [2.75, 3.05) is 24.3 Å². The molecule has 0 atom stereocenters. The number of rotatable bonds is 7. The van der Waals surface area contributed by atoms with Crippen LogP contribution in [0, 0.1) is 10.1 Å². The summed E-state index contributed by atoms with van der Waals surface area (Å²) in [5.41, 5.74) is 2.85. The summed E-state index contributed by atoms with van der Waals surface area (Å²) in [6.45, 7) is 0. The van der Waals surface area contributed by atoms with Gasteiger partial charge in [0.25, 0.3) is 5.69 Å². The van der Waals surface area contributed by atoms with Gasteiger partial charge in [0.2, 0.25) is 11.9 Å². The van der Waals surface area contributed by atoms with Gasteiger partial charge in [0, 0.05) is 43.9 Å². The van der Waals surface area contributed by atoms with Gasteiger partial charge in [-0.05, 0) is 63.5 Å². The van der Waals surface area contributed by atoms with Gasteiger partial charge < -0.3 is 15.5 Å². The molecule has 4 rings (SSSR count). The van der Waals surface area contributed by atoms with Gasteiger partial charge in [0.05, 0.1) is 16.2 Å². The molecule has 1 aromatic carbocycles. The second kappa shape index (κ2) is 10.6. The van der Waals surface area contributed by atoms with E-state index in [1.165, 1.54) is 42.3 Å². The quantitative estimate of drug-likeness (QED) is 0.363. The monoisotopic (exact) mass is 464 g/mol. The van der Waals surface area contributed by atoms with Crippen molar-refractivity contribution in [1.82, 2.24) is 15.3 Å². The van der Waals surface area contributed by atoms with Crippen molar-refractivity contribution in [3.8, 4) is 0 Å². The second-order valence-corrected chi connectivity index (χ2v) is 9.25. The highest BCUT2D eigenvalue weighted by atomic mass is 16.6. The molecule has 0 radical (unpaired) electrons. The summed E-state index contributed by atoms with van der Waals surface area (Å²) in [6, 6.07) is 6.74. The van der Waals surface area contributed by atoms with E-state index in [1.54, 1.807) is 18.2 Å². The minimum atomic E-state index is -0.445. The van der Waals surface area contributed by atoms with Gasteiger partial charge in [-0.1, -0.05) is 12.1 Å². The van der Waals surface area contributed by atoms with Crippen LogP contribution in [0.5, 0.6) is 0 Å². The Kier molecular flexibility index (Phi) is 7.40. The van der Waals surface area contributed by atoms with E-state index in [0.29, 0.717) is 11.5 Å². The van der Waals surface area contributed by atoms with E-state index in [2.05, 4.69) is 15.5 Å². The van der Waals surface area contributed by atoms with Crippen molar-refractivity contribution in [3.05, 3.63) is 57.3 Å².